The van der Waals surface area contributed by atoms with E-state index in [4.69, 9.17) is 9.68 Å². The summed E-state index contributed by atoms with van der Waals surface area (Å²) in [6.45, 7) is 3.12. The molecule has 0 saturated heterocycles. The van der Waals surface area contributed by atoms with E-state index in [0.29, 0.717) is 12.5 Å². The molecule has 2 rings (SSSR count). The van der Waals surface area contributed by atoms with Crippen LogP contribution in [-0.4, -0.2) is 12.6 Å². The average molecular weight is 218 g/mol. The van der Waals surface area contributed by atoms with Crippen LogP contribution < -0.4 is 5.32 Å². The predicted octanol–water partition coefficient (Wildman–Crippen LogP) is 2.49. The Morgan fingerprint density at radius 2 is 2.44 bits per heavy atom. The van der Waals surface area contributed by atoms with Crippen molar-refractivity contribution < 1.29 is 4.42 Å². The summed E-state index contributed by atoms with van der Waals surface area (Å²) in [5.41, 5.74) is 0.284. The third kappa shape index (κ3) is 2.86. The molecule has 0 aromatic carbocycles. The van der Waals surface area contributed by atoms with Gasteiger partial charge < -0.3 is 9.73 Å². The van der Waals surface area contributed by atoms with Gasteiger partial charge in [0.05, 0.1) is 12.3 Å². The summed E-state index contributed by atoms with van der Waals surface area (Å²) in [6, 6.07) is 6.60. The van der Waals surface area contributed by atoms with E-state index in [-0.39, 0.29) is 5.41 Å². The van der Waals surface area contributed by atoms with Crippen molar-refractivity contribution >= 4 is 0 Å². The summed E-state index contributed by atoms with van der Waals surface area (Å²) in [7, 11) is 0. The lowest BCUT2D eigenvalue weighted by Gasteiger charge is -2.17. The second-order valence-electron chi connectivity index (χ2n) is 4.90. The van der Waals surface area contributed by atoms with Crippen molar-refractivity contribution in [3.05, 3.63) is 24.2 Å². The second-order valence-corrected chi connectivity index (χ2v) is 4.90. The normalized spacial score (nSPS) is 19.0. The van der Waals surface area contributed by atoms with E-state index in [0.717, 1.165) is 18.7 Å². The highest BCUT2D eigenvalue weighted by Gasteiger charge is 2.42. The van der Waals surface area contributed by atoms with E-state index in [9.17, 15) is 0 Å². The predicted molar refractivity (Wildman–Crippen MR) is 61.8 cm³/mol. The molecule has 1 saturated carbocycles. The molecule has 0 radical (unpaired) electrons. The number of hydrogen-bond donors (Lipinski definition) is 1. The van der Waals surface area contributed by atoms with Crippen molar-refractivity contribution in [1.82, 2.24) is 5.32 Å². The van der Waals surface area contributed by atoms with Crippen molar-refractivity contribution in [2.24, 2.45) is 5.41 Å². The van der Waals surface area contributed by atoms with Gasteiger partial charge in [0, 0.05) is 25.4 Å². The van der Waals surface area contributed by atoms with Gasteiger partial charge in [0.2, 0.25) is 0 Å². The lowest BCUT2D eigenvalue weighted by atomic mass is 10.0. The molecule has 1 aromatic heterocycles. The first-order valence-electron chi connectivity index (χ1n) is 5.87. The van der Waals surface area contributed by atoms with Crippen molar-refractivity contribution in [1.29, 1.82) is 5.26 Å². The minimum Gasteiger partial charge on any atom is -0.469 e. The molecule has 0 aliphatic heterocycles. The Morgan fingerprint density at radius 3 is 3.00 bits per heavy atom. The van der Waals surface area contributed by atoms with Gasteiger partial charge in [0.25, 0.3) is 0 Å². The number of hydrogen-bond acceptors (Lipinski definition) is 3. The molecule has 3 heteroatoms. The maximum Gasteiger partial charge on any atom is 0.105 e. The van der Waals surface area contributed by atoms with Crippen LogP contribution in [0.25, 0.3) is 0 Å². The number of nitriles is 1. The first kappa shape index (κ1) is 11.2. The Bertz CT molecular complexity index is 360. The maximum atomic E-state index is 8.72. The molecule has 0 amide bonds. The van der Waals surface area contributed by atoms with Crippen molar-refractivity contribution in [3.63, 3.8) is 0 Å². The van der Waals surface area contributed by atoms with Crippen LogP contribution in [0, 0.1) is 16.7 Å². The zero-order valence-corrected chi connectivity index (χ0v) is 9.70. The molecule has 1 fully saturated rings. The summed E-state index contributed by atoms with van der Waals surface area (Å²) in [4.78, 5) is 0. The molecule has 1 aliphatic rings. The van der Waals surface area contributed by atoms with Crippen LogP contribution in [0.15, 0.2) is 22.8 Å². The maximum absolute atomic E-state index is 8.72. The van der Waals surface area contributed by atoms with Gasteiger partial charge in [-0.25, -0.2) is 0 Å². The summed E-state index contributed by atoms with van der Waals surface area (Å²) < 4.78 is 5.31. The lowest BCUT2D eigenvalue weighted by molar-refractivity contribution is 0.404. The van der Waals surface area contributed by atoms with Gasteiger partial charge in [-0.3, -0.25) is 0 Å². The minimum absolute atomic E-state index is 0.284. The lowest BCUT2D eigenvalue weighted by Crippen LogP contribution is -2.33. The zero-order chi connectivity index (χ0) is 11.4. The van der Waals surface area contributed by atoms with E-state index < -0.39 is 0 Å². The van der Waals surface area contributed by atoms with Crippen LogP contribution in [0.4, 0.5) is 0 Å². The Kier molecular flexibility index (Phi) is 3.31. The van der Waals surface area contributed by atoms with Crippen LogP contribution in [-0.2, 0) is 6.42 Å². The van der Waals surface area contributed by atoms with Gasteiger partial charge in [-0.1, -0.05) is 0 Å². The molecule has 1 aromatic rings. The topological polar surface area (TPSA) is 49.0 Å². The Labute approximate surface area is 96.4 Å². The molecule has 0 bridgehead atoms. The standard InChI is InChI=1S/C13H18N2O/c1-11(9-12-3-2-8-16-12)15-10-13(4-5-13)6-7-14/h2-3,8,11,15H,4-6,9-10H2,1H3. The van der Waals surface area contributed by atoms with Gasteiger partial charge in [0.1, 0.15) is 5.76 Å². The summed E-state index contributed by atoms with van der Waals surface area (Å²) >= 11 is 0. The number of nitrogens with zero attached hydrogens (tertiary/aromatic N) is 1. The van der Waals surface area contributed by atoms with Crippen molar-refractivity contribution in [2.75, 3.05) is 6.54 Å². The van der Waals surface area contributed by atoms with Crippen LogP contribution in [0.1, 0.15) is 31.9 Å². The summed E-state index contributed by atoms with van der Waals surface area (Å²) in [5.74, 6) is 1.02. The van der Waals surface area contributed by atoms with Gasteiger partial charge in [-0.15, -0.1) is 0 Å². The monoisotopic (exact) mass is 218 g/mol. The third-order valence-electron chi connectivity index (χ3n) is 3.32. The zero-order valence-electron chi connectivity index (χ0n) is 9.70. The smallest absolute Gasteiger partial charge is 0.105 e. The largest absolute Gasteiger partial charge is 0.469 e. The van der Waals surface area contributed by atoms with Gasteiger partial charge >= 0.3 is 0 Å². The quantitative estimate of drug-likeness (QED) is 0.798. The van der Waals surface area contributed by atoms with Crippen molar-refractivity contribution in [2.45, 2.75) is 38.6 Å². The first-order chi connectivity index (χ1) is 7.74. The average Bonchev–Trinajstić information content (AvgIpc) is 2.83. The first-order valence-corrected chi connectivity index (χ1v) is 5.87. The highest BCUT2D eigenvalue weighted by atomic mass is 16.3. The molecule has 1 unspecified atom stereocenters. The fourth-order valence-electron chi connectivity index (χ4n) is 1.95. The fraction of sp³-hybridized carbons (Fsp3) is 0.615. The Balaban J connectivity index is 1.72. The van der Waals surface area contributed by atoms with Gasteiger partial charge in [-0.2, -0.15) is 5.26 Å². The number of nitrogens with one attached hydrogen (secondary N) is 1. The summed E-state index contributed by atoms with van der Waals surface area (Å²) in [6.07, 6.45) is 5.70. The SMILES string of the molecule is CC(Cc1ccco1)NCC1(CC#N)CC1. The van der Waals surface area contributed by atoms with Crippen LogP contribution in [0.5, 0.6) is 0 Å². The molecule has 1 heterocycles. The highest BCUT2D eigenvalue weighted by Crippen LogP contribution is 2.47. The van der Waals surface area contributed by atoms with E-state index in [1.165, 1.54) is 12.8 Å². The van der Waals surface area contributed by atoms with Gasteiger partial charge in [0.15, 0.2) is 0 Å². The van der Waals surface area contributed by atoms with E-state index in [1.54, 1.807) is 6.26 Å². The molecule has 1 atom stereocenters. The fourth-order valence-corrected chi connectivity index (χ4v) is 1.95. The minimum atomic E-state index is 0.284. The Hall–Kier alpha value is -1.27. The number of rotatable bonds is 6. The third-order valence-corrected chi connectivity index (χ3v) is 3.32. The summed E-state index contributed by atoms with van der Waals surface area (Å²) in [5, 5.41) is 12.2. The van der Waals surface area contributed by atoms with Gasteiger partial charge in [-0.05, 0) is 37.3 Å². The van der Waals surface area contributed by atoms with Crippen molar-refractivity contribution in [3.8, 4) is 6.07 Å². The molecule has 86 valence electrons. The Morgan fingerprint density at radius 1 is 1.62 bits per heavy atom. The molecule has 1 aliphatic carbocycles. The van der Waals surface area contributed by atoms with Crippen LogP contribution >= 0.6 is 0 Å². The van der Waals surface area contributed by atoms with E-state index in [1.807, 2.05) is 12.1 Å². The second kappa shape index (κ2) is 4.71. The highest BCUT2D eigenvalue weighted by molar-refractivity contribution is 5.03. The van der Waals surface area contributed by atoms with Crippen LogP contribution in [0.3, 0.4) is 0 Å². The van der Waals surface area contributed by atoms with E-state index in [2.05, 4.69) is 18.3 Å². The van der Waals surface area contributed by atoms with Crippen LogP contribution in [0.2, 0.25) is 0 Å². The number of furan rings is 1. The molecule has 0 spiro atoms. The molecule has 16 heavy (non-hydrogen) atoms. The molecular weight excluding hydrogens is 200 g/mol. The molecule has 1 N–H and O–H groups in total. The molecular formula is C13H18N2O. The molecule has 3 nitrogen and oxygen atoms in total. The van der Waals surface area contributed by atoms with E-state index >= 15 is 0 Å².